The maximum atomic E-state index is 13.5. The van der Waals surface area contributed by atoms with E-state index in [1.54, 1.807) is 13.8 Å². The summed E-state index contributed by atoms with van der Waals surface area (Å²) in [5, 5.41) is 0. The Labute approximate surface area is 117 Å². The van der Waals surface area contributed by atoms with Crippen molar-refractivity contribution < 1.29 is 18.8 Å². The molecule has 0 spiro atoms. The number of anilines is 1. The van der Waals surface area contributed by atoms with Crippen molar-refractivity contribution in [2.24, 2.45) is 5.92 Å². The Morgan fingerprint density at radius 3 is 2.58 bits per heavy atom. The van der Waals surface area contributed by atoms with Crippen LogP contribution in [0.3, 0.4) is 0 Å². The van der Waals surface area contributed by atoms with Crippen molar-refractivity contribution in [2.75, 3.05) is 11.4 Å². The van der Waals surface area contributed by atoms with E-state index in [1.165, 1.54) is 6.07 Å². The number of benzene rings is 1. The van der Waals surface area contributed by atoms with Gasteiger partial charge in [-0.1, -0.05) is 13.8 Å². The van der Waals surface area contributed by atoms with Gasteiger partial charge in [-0.05, 0) is 28.1 Å². The molecule has 6 heteroatoms. The van der Waals surface area contributed by atoms with E-state index in [9.17, 15) is 18.8 Å². The van der Waals surface area contributed by atoms with Crippen LogP contribution < -0.4 is 4.90 Å². The van der Waals surface area contributed by atoms with E-state index in [1.807, 2.05) is 0 Å². The van der Waals surface area contributed by atoms with Gasteiger partial charge in [-0.15, -0.1) is 0 Å². The van der Waals surface area contributed by atoms with Crippen molar-refractivity contribution >= 4 is 39.1 Å². The molecule has 0 unspecified atom stereocenters. The van der Waals surface area contributed by atoms with Crippen LogP contribution in [-0.2, 0) is 9.59 Å². The minimum absolute atomic E-state index is 0.115. The van der Waals surface area contributed by atoms with Gasteiger partial charge in [0, 0.05) is 5.92 Å². The number of hydrogen-bond donors (Lipinski definition) is 0. The molecule has 2 rings (SSSR count). The number of nitrogens with zero attached hydrogens (tertiary/aromatic N) is 1. The second kappa shape index (κ2) is 4.85. The van der Waals surface area contributed by atoms with Crippen LogP contribution in [0.4, 0.5) is 10.1 Å². The largest absolute Gasteiger partial charge is 0.299 e. The molecule has 0 aromatic heterocycles. The van der Waals surface area contributed by atoms with Crippen molar-refractivity contribution in [1.82, 2.24) is 0 Å². The van der Waals surface area contributed by atoms with E-state index in [0.29, 0.717) is 0 Å². The predicted molar refractivity (Wildman–Crippen MR) is 70.6 cm³/mol. The third-order valence-corrected chi connectivity index (χ3v) is 3.58. The summed E-state index contributed by atoms with van der Waals surface area (Å²) in [5.41, 5.74) is 0.277. The number of hydrogen-bond acceptors (Lipinski definition) is 3. The summed E-state index contributed by atoms with van der Waals surface area (Å²) in [6, 6.07) is 2.36. The van der Waals surface area contributed by atoms with E-state index in [4.69, 9.17) is 0 Å². The molecule has 0 N–H and O–H groups in total. The third-order valence-electron chi connectivity index (χ3n) is 2.97. The van der Waals surface area contributed by atoms with Crippen LogP contribution in [0.2, 0.25) is 0 Å². The Kier molecular flexibility index (Phi) is 3.54. The van der Waals surface area contributed by atoms with Gasteiger partial charge in [0.25, 0.3) is 11.7 Å². The molecule has 1 aromatic rings. The number of fused-ring (bicyclic) bond motifs is 1. The molecule has 1 aliphatic heterocycles. The number of amides is 1. The maximum absolute atomic E-state index is 13.5. The van der Waals surface area contributed by atoms with Crippen LogP contribution >= 0.6 is 15.9 Å². The van der Waals surface area contributed by atoms with E-state index < -0.39 is 17.5 Å². The first kappa shape index (κ1) is 13.9. The van der Waals surface area contributed by atoms with Gasteiger partial charge in [-0.25, -0.2) is 4.39 Å². The Bertz CT molecular complexity index is 598. The molecule has 0 saturated carbocycles. The normalized spacial score (nSPS) is 14.3. The third kappa shape index (κ3) is 2.32. The topological polar surface area (TPSA) is 54.5 Å². The summed E-state index contributed by atoms with van der Waals surface area (Å²) in [6.45, 7) is 3.19. The standard InChI is InChI=1S/C13H11BrFNO3/c1-6(2)11(17)5-16-10-4-9(15)8(14)3-7(10)12(18)13(16)19/h3-4,6H,5H2,1-2H3. The molecule has 0 fully saturated rings. The first-order valence-electron chi connectivity index (χ1n) is 5.71. The Morgan fingerprint density at radius 1 is 1.37 bits per heavy atom. The molecule has 1 aromatic carbocycles. The van der Waals surface area contributed by atoms with Crippen LogP contribution in [0.25, 0.3) is 0 Å². The molecule has 4 nitrogen and oxygen atoms in total. The highest BCUT2D eigenvalue weighted by Gasteiger charge is 2.37. The number of halogens is 2. The SMILES string of the molecule is CC(C)C(=O)CN1C(=O)C(=O)c2cc(Br)c(F)cc21. The zero-order valence-corrected chi connectivity index (χ0v) is 12.0. The van der Waals surface area contributed by atoms with Crippen LogP contribution in [0.1, 0.15) is 24.2 Å². The molecule has 0 radical (unpaired) electrons. The average Bonchev–Trinajstić information content (AvgIpc) is 2.56. The zero-order valence-electron chi connectivity index (χ0n) is 10.4. The Balaban J connectivity index is 2.44. The van der Waals surface area contributed by atoms with Crippen LogP contribution in [0.15, 0.2) is 16.6 Å². The fourth-order valence-corrected chi connectivity index (χ4v) is 2.13. The van der Waals surface area contributed by atoms with E-state index >= 15 is 0 Å². The second-order valence-corrected chi connectivity index (χ2v) is 5.48. The second-order valence-electron chi connectivity index (χ2n) is 4.62. The molecule has 1 aliphatic rings. The predicted octanol–water partition coefficient (Wildman–Crippen LogP) is 2.34. The fraction of sp³-hybridized carbons (Fsp3) is 0.308. The minimum Gasteiger partial charge on any atom is -0.297 e. The number of carbonyl (C=O) groups is 3. The molecule has 0 atom stereocenters. The zero-order chi connectivity index (χ0) is 14.3. The van der Waals surface area contributed by atoms with Gasteiger partial charge in [-0.2, -0.15) is 0 Å². The lowest BCUT2D eigenvalue weighted by molar-refractivity contribution is -0.122. The van der Waals surface area contributed by atoms with Crippen molar-refractivity contribution in [1.29, 1.82) is 0 Å². The van der Waals surface area contributed by atoms with Gasteiger partial charge in [0.1, 0.15) is 5.82 Å². The van der Waals surface area contributed by atoms with Crippen molar-refractivity contribution in [2.45, 2.75) is 13.8 Å². The molecule has 0 bridgehead atoms. The van der Waals surface area contributed by atoms with E-state index in [-0.39, 0.29) is 34.0 Å². The number of rotatable bonds is 3. The van der Waals surface area contributed by atoms with Crippen molar-refractivity contribution in [3.05, 3.63) is 28.0 Å². The summed E-state index contributed by atoms with van der Waals surface area (Å²) in [6.07, 6.45) is 0. The monoisotopic (exact) mass is 327 g/mol. The molecule has 1 amide bonds. The lowest BCUT2D eigenvalue weighted by Gasteiger charge is -2.17. The quantitative estimate of drug-likeness (QED) is 0.801. The van der Waals surface area contributed by atoms with E-state index in [2.05, 4.69) is 15.9 Å². The van der Waals surface area contributed by atoms with Gasteiger partial charge in [0.15, 0.2) is 5.78 Å². The number of Topliss-reactive ketones (excluding diaryl/α,β-unsaturated/α-hetero) is 2. The lowest BCUT2D eigenvalue weighted by Crippen LogP contribution is -2.36. The van der Waals surface area contributed by atoms with E-state index in [0.717, 1.165) is 11.0 Å². The summed E-state index contributed by atoms with van der Waals surface area (Å²) < 4.78 is 13.6. The lowest BCUT2D eigenvalue weighted by atomic mass is 10.1. The average molecular weight is 328 g/mol. The minimum atomic E-state index is -0.790. The summed E-state index contributed by atoms with van der Waals surface area (Å²) >= 11 is 2.97. The molecule has 100 valence electrons. The van der Waals surface area contributed by atoms with Crippen LogP contribution in [0, 0.1) is 11.7 Å². The van der Waals surface area contributed by atoms with Gasteiger partial charge in [0.05, 0.1) is 22.3 Å². The smallest absolute Gasteiger partial charge is 0.297 e. The number of carbonyl (C=O) groups excluding carboxylic acids is 3. The summed E-state index contributed by atoms with van der Waals surface area (Å²) in [5.74, 6) is -2.53. The Hall–Kier alpha value is -1.56. The fourth-order valence-electron chi connectivity index (χ4n) is 1.78. The maximum Gasteiger partial charge on any atom is 0.299 e. The highest BCUT2D eigenvalue weighted by molar-refractivity contribution is 9.10. The first-order chi connectivity index (χ1) is 8.82. The molecular weight excluding hydrogens is 317 g/mol. The molecule has 0 saturated heterocycles. The van der Waals surface area contributed by atoms with Gasteiger partial charge in [0.2, 0.25) is 0 Å². The van der Waals surface area contributed by atoms with Gasteiger partial charge >= 0.3 is 0 Å². The van der Waals surface area contributed by atoms with Crippen molar-refractivity contribution in [3.8, 4) is 0 Å². The Morgan fingerprint density at radius 2 is 2.00 bits per heavy atom. The van der Waals surface area contributed by atoms with Gasteiger partial charge in [-0.3, -0.25) is 19.3 Å². The van der Waals surface area contributed by atoms with Crippen molar-refractivity contribution in [3.63, 3.8) is 0 Å². The number of ketones is 2. The molecular formula is C13H11BrFNO3. The summed E-state index contributed by atoms with van der Waals surface area (Å²) in [4.78, 5) is 36.3. The molecule has 19 heavy (non-hydrogen) atoms. The first-order valence-corrected chi connectivity index (χ1v) is 6.50. The summed E-state index contributed by atoms with van der Waals surface area (Å²) in [7, 11) is 0. The molecule has 0 aliphatic carbocycles. The van der Waals surface area contributed by atoms with Gasteiger partial charge < -0.3 is 0 Å². The van der Waals surface area contributed by atoms with Crippen LogP contribution in [0.5, 0.6) is 0 Å². The highest BCUT2D eigenvalue weighted by Crippen LogP contribution is 2.33. The highest BCUT2D eigenvalue weighted by atomic mass is 79.9. The molecule has 1 heterocycles. The van der Waals surface area contributed by atoms with Crippen LogP contribution in [-0.4, -0.2) is 24.0 Å².